The summed E-state index contributed by atoms with van der Waals surface area (Å²) in [6.45, 7) is 0. The number of hydrogen-bond donors (Lipinski definition) is 2. The average Bonchev–Trinajstić information content (AvgIpc) is 3.09. The van der Waals surface area contributed by atoms with Crippen molar-refractivity contribution in [2.75, 3.05) is 19.9 Å². The summed E-state index contributed by atoms with van der Waals surface area (Å²) >= 11 is 0. The Hall–Kier alpha value is -3.76. The Kier molecular flexibility index (Phi) is 6.83. The molecule has 0 radical (unpaired) electrons. The monoisotopic (exact) mass is 511 g/mol. The largest absolute Gasteiger partial charge is 0.497 e. The lowest BCUT2D eigenvalue weighted by molar-refractivity contribution is -0.129. The van der Waals surface area contributed by atoms with Crippen molar-refractivity contribution in [3.05, 3.63) is 89.2 Å². The lowest BCUT2D eigenvalue weighted by Gasteiger charge is -2.27. The molecular formula is C26H26FN3O5S. The van der Waals surface area contributed by atoms with Gasteiger partial charge < -0.3 is 10.5 Å². The Labute approximate surface area is 209 Å². The number of methoxy groups -OCH3 is 1. The molecule has 8 nitrogen and oxygen atoms in total. The molecule has 0 bridgehead atoms. The summed E-state index contributed by atoms with van der Waals surface area (Å²) < 4.78 is 50.9. The second-order valence-corrected chi connectivity index (χ2v) is 10.1. The number of guanidine groups is 1. The van der Waals surface area contributed by atoms with E-state index in [-0.39, 0.29) is 24.0 Å². The number of halogens is 1. The summed E-state index contributed by atoms with van der Waals surface area (Å²) in [5.74, 6) is -0.585. The van der Waals surface area contributed by atoms with Crippen molar-refractivity contribution in [3.8, 4) is 16.9 Å². The van der Waals surface area contributed by atoms with E-state index in [1.165, 1.54) is 31.2 Å². The third-order valence-electron chi connectivity index (χ3n) is 6.24. The van der Waals surface area contributed by atoms with Crippen molar-refractivity contribution >= 4 is 22.0 Å². The van der Waals surface area contributed by atoms with Crippen LogP contribution in [0.3, 0.4) is 0 Å². The minimum absolute atomic E-state index is 0.0511. The summed E-state index contributed by atoms with van der Waals surface area (Å²) in [6, 6.07) is 18.4. The van der Waals surface area contributed by atoms with Crippen LogP contribution in [0.2, 0.25) is 0 Å². The zero-order chi connectivity index (χ0) is 26.1. The zero-order valence-electron chi connectivity index (χ0n) is 19.8. The van der Waals surface area contributed by atoms with Crippen LogP contribution in [-0.2, 0) is 26.9 Å². The number of hydrogen-bond acceptors (Lipinski definition) is 6. The second kappa shape index (κ2) is 9.71. The fraction of sp³-hybridized carbons (Fsp3) is 0.231. The van der Waals surface area contributed by atoms with Crippen molar-refractivity contribution < 1.29 is 26.9 Å². The van der Waals surface area contributed by atoms with E-state index in [4.69, 9.17) is 15.0 Å². The van der Waals surface area contributed by atoms with Crippen LogP contribution < -0.4 is 10.5 Å². The number of likely N-dealkylation sites (N-methyl/N-ethyl adjacent to an activating group) is 1. The maximum Gasteiger partial charge on any atom is 0.266 e. The highest BCUT2D eigenvalue weighted by atomic mass is 32.2. The first-order valence-electron chi connectivity index (χ1n) is 11.2. The molecule has 3 aromatic rings. The van der Waals surface area contributed by atoms with Crippen LogP contribution in [-0.4, -0.2) is 49.6 Å². The van der Waals surface area contributed by atoms with Crippen molar-refractivity contribution in [1.82, 2.24) is 4.90 Å². The summed E-state index contributed by atoms with van der Waals surface area (Å²) in [7, 11) is -0.993. The van der Waals surface area contributed by atoms with Gasteiger partial charge in [-0.05, 0) is 59.4 Å². The molecule has 0 aliphatic carbocycles. The number of nitrogens with zero attached hydrogens (tertiary/aromatic N) is 2. The first-order chi connectivity index (χ1) is 17.0. The number of carbonyl (C=O) groups excluding carboxylic acids is 1. The Balaban J connectivity index is 1.77. The Morgan fingerprint density at radius 3 is 2.42 bits per heavy atom. The first kappa shape index (κ1) is 25.3. The molecule has 10 heteroatoms. The Morgan fingerprint density at radius 1 is 1.08 bits per heavy atom. The number of nitrogens with two attached hydrogens (primary N) is 1. The van der Waals surface area contributed by atoms with E-state index >= 15 is 0 Å². The van der Waals surface area contributed by atoms with Gasteiger partial charge in [-0.25, -0.2) is 9.38 Å². The van der Waals surface area contributed by atoms with E-state index in [0.717, 1.165) is 5.56 Å². The molecule has 1 amide bonds. The normalized spacial score (nSPS) is 17.8. The molecule has 0 saturated heterocycles. The van der Waals surface area contributed by atoms with Gasteiger partial charge in [-0.15, -0.1) is 0 Å². The van der Waals surface area contributed by atoms with Crippen molar-refractivity contribution in [1.29, 1.82) is 0 Å². The molecule has 3 aromatic carbocycles. The number of amides is 1. The summed E-state index contributed by atoms with van der Waals surface area (Å²) in [5, 5.41) is 0. The first-order valence-corrected chi connectivity index (χ1v) is 12.8. The molecule has 0 fully saturated rings. The molecule has 0 saturated carbocycles. The molecule has 1 aliphatic heterocycles. The van der Waals surface area contributed by atoms with E-state index in [2.05, 4.69) is 4.99 Å². The number of carbonyl (C=O) groups is 1. The van der Waals surface area contributed by atoms with Crippen molar-refractivity contribution in [3.63, 3.8) is 0 Å². The summed E-state index contributed by atoms with van der Waals surface area (Å²) in [4.78, 5) is 19.4. The summed E-state index contributed by atoms with van der Waals surface area (Å²) in [5.41, 5.74) is 7.35. The van der Waals surface area contributed by atoms with Crippen molar-refractivity contribution in [2.45, 2.75) is 18.4 Å². The molecule has 1 unspecified atom stereocenters. The number of ether oxygens (including phenoxy) is 1. The fourth-order valence-corrected chi connectivity index (χ4v) is 4.83. The SMILES string of the molecule is COc1ccc(F)c(-c2cccc(C3(c4ccc(CCCS(=O)(=O)O)cc4)N=C(N)N(C)C3=O)c2)c1. The van der Waals surface area contributed by atoms with E-state index in [9.17, 15) is 17.6 Å². The molecule has 0 spiro atoms. The summed E-state index contributed by atoms with van der Waals surface area (Å²) in [6.07, 6.45) is 0.682. The van der Waals surface area contributed by atoms with Gasteiger partial charge in [0, 0.05) is 12.6 Å². The standard InChI is InChI=1S/C26H26FN3O5S/c1-30-24(31)26(29-25(30)28,19-10-8-17(9-11-19)5-4-14-36(32,33)34)20-7-3-6-18(15-20)22-16-21(35-2)12-13-23(22)27/h3,6-13,15-16H,4-5,14H2,1-2H3,(H2,28,29)(H,32,33,34). The van der Waals surface area contributed by atoms with Gasteiger partial charge in [-0.2, -0.15) is 8.42 Å². The molecule has 4 rings (SSSR count). The second-order valence-electron chi connectivity index (χ2n) is 8.56. The van der Waals surface area contributed by atoms with Gasteiger partial charge in [-0.3, -0.25) is 14.2 Å². The zero-order valence-corrected chi connectivity index (χ0v) is 20.6. The third-order valence-corrected chi connectivity index (χ3v) is 7.05. The highest BCUT2D eigenvalue weighted by molar-refractivity contribution is 7.85. The van der Waals surface area contributed by atoms with Crippen LogP contribution in [0.25, 0.3) is 11.1 Å². The molecule has 188 valence electrons. The predicted octanol–water partition coefficient (Wildman–Crippen LogP) is 3.35. The molecule has 1 atom stereocenters. The highest BCUT2D eigenvalue weighted by Crippen LogP contribution is 2.41. The smallest absolute Gasteiger partial charge is 0.266 e. The van der Waals surface area contributed by atoms with E-state index < -0.39 is 21.5 Å². The molecule has 1 heterocycles. The van der Waals surface area contributed by atoms with Gasteiger partial charge in [-0.1, -0.05) is 42.5 Å². The maximum atomic E-state index is 14.7. The van der Waals surface area contributed by atoms with Crippen LogP contribution in [0.4, 0.5) is 4.39 Å². The Morgan fingerprint density at radius 2 is 1.81 bits per heavy atom. The topological polar surface area (TPSA) is 122 Å². The minimum atomic E-state index is -4.03. The highest BCUT2D eigenvalue weighted by Gasteiger charge is 2.49. The van der Waals surface area contributed by atoms with Crippen LogP contribution >= 0.6 is 0 Å². The van der Waals surface area contributed by atoms with Gasteiger partial charge in [0.2, 0.25) is 0 Å². The molecular weight excluding hydrogens is 485 g/mol. The predicted molar refractivity (Wildman–Crippen MR) is 135 cm³/mol. The number of rotatable bonds is 8. The minimum Gasteiger partial charge on any atom is -0.497 e. The molecule has 36 heavy (non-hydrogen) atoms. The van der Waals surface area contributed by atoms with Crippen LogP contribution in [0.5, 0.6) is 5.75 Å². The van der Waals surface area contributed by atoms with Gasteiger partial charge >= 0.3 is 0 Å². The van der Waals surface area contributed by atoms with Crippen LogP contribution in [0, 0.1) is 5.82 Å². The van der Waals surface area contributed by atoms with Crippen LogP contribution in [0.15, 0.2) is 71.7 Å². The molecule has 3 N–H and O–H groups in total. The maximum absolute atomic E-state index is 14.7. The van der Waals surface area contributed by atoms with Gasteiger partial charge in [0.25, 0.3) is 16.0 Å². The van der Waals surface area contributed by atoms with E-state index in [1.807, 2.05) is 0 Å². The van der Waals surface area contributed by atoms with Crippen LogP contribution in [0.1, 0.15) is 23.1 Å². The average molecular weight is 512 g/mol. The lowest BCUT2D eigenvalue weighted by atomic mass is 9.81. The van der Waals surface area contributed by atoms with E-state index in [1.54, 1.807) is 54.6 Å². The quantitative estimate of drug-likeness (QED) is 0.447. The third kappa shape index (κ3) is 4.82. The van der Waals surface area contributed by atoms with Gasteiger partial charge in [0.1, 0.15) is 11.6 Å². The lowest BCUT2D eigenvalue weighted by Crippen LogP contribution is -2.41. The Bertz CT molecular complexity index is 1440. The number of benzene rings is 3. The van der Waals surface area contributed by atoms with E-state index in [0.29, 0.717) is 34.4 Å². The van der Waals surface area contributed by atoms with Gasteiger partial charge in [0.05, 0.1) is 12.9 Å². The number of aryl methyl sites for hydroxylation is 1. The van der Waals surface area contributed by atoms with Gasteiger partial charge in [0.15, 0.2) is 11.5 Å². The molecule has 0 aromatic heterocycles. The number of aliphatic imine (C=N–C) groups is 1. The molecule has 1 aliphatic rings. The van der Waals surface area contributed by atoms with Crippen molar-refractivity contribution in [2.24, 2.45) is 10.7 Å². The fourth-order valence-electron chi connectivity index (χ4n) is 4.32.